The minimum absolute atomic E-state index is 0.291. The van der Waals surface area contributed by atoms with E-state index in [1.807, 2.05) is 18.2 Å². The zero-order chi connectivity index (χ0) is 12.3. The van der Waals surface area contributed by atoms with E-state index in [2.05, 4.69) is 18.3 Å². The highest BCUT2D eigenvalue weighted by atomic mass is 35.5. The van der Waals surface area contributed by atoms with Crippen molar-refractivity contribution in [3.05, 3.63) is 34.9 Å². The normalized spacial score (nSPS) is 26.8. The number of hydrogen-bond donors (Lipinski definition) is 2. The third-order valence-electron chi connectivity index (χ3n) is 3.57. The molecule has 2 nitrogen and oxygen atoms in total. The van der Waals surface area contributed by atoms with Crippen LogP contribution in [0.4, 0.5) is 0 Å². The predicted molar refractivity (Wildman–Crippen MR) is 73.2 cm³/mol. The molecular formula is C14H21ClN2. The quantitative estimate of drug-likeness (QED) is 0.867. The average molecular weight is 253 g/mol. The van der Waals surface area contributed by atoms with Crippen molar-refractivity contribution < 1.29 is 0 Å². The van der Waals surface area contributed by atoms with Crippen LogP contribution in [0.2, 0.25) is 5.02 Å². The first-order valence-electron chi connectivity index (χ1n) is 6.43. The Labute approximate surface area is 109 Å². The molecule has 0 radical (unpaired) electrons. The average Bonchev–Trinajstić information content (AvgIpc) is 2.29. The standard InChI is InChI=1S/C14H21ClN2/c1-10(13-7-2-3-8-14(13)15)17-12-6-4-5-11(16)9-12/h2-3,7-8,10-12,17H,4-6,9,16H2,1H3/t10-,11?,12?/m0/s1. The molecule has 2 unspecified atom stereocenters. The van der Waals surface area contributed by atoms with E-state index >= 15 is 0 Å². The molecule has 1 aliphatic rings. The Morgan fingerprint density at radius 3 is 2.82 bits per heavy atom. The molecule has 1 aromatic rings. The number of nitrogens with two attached hydrogens (primary N) is 1. The van der Waals surface area contributed by atoms with Gasteiger partial charge in [0.2, 0.25) is 0 Å². The predicted octanol–water partition coefficient (Wildman–Crippen LogP) is 3.26. The molecule has 1 aliphatic carbocycles. The second-order valence-corrected chi connectivity index (χ2v) is 5.44. The number of nitrogens with one attached hydrogen (secondary N) is 1. The molecule has 1 aromatic carbocycles. The highest BCUT2D eigenvalue weighted by Crippen LogP contribution is 2.25. The minimum Gasteiger partial charge on any atom is -0.328 e. The van der Waals surface area contributed by atoms with Gasteiger partial charge in [0.15, 0.2) is 0 Å². The van der Waals surface area contributed by atoms with Gasteiger partial charge in [0.05, 0.1) is 0 Å². The van der Waals surface area contributed by atoms with Crippen LogP contribution in [-0.2, 0) is 0 Å². The molecule has 94 valence electrons. The molecule has 17 heavy (non-hydrogen) atoms. The van der Waals surface area contributed by atoms with Gasteiger partial charge in [-0.2, -0.15) is 0 Å². The van der Waals surface area contributed by atoms with Crippen LogP contribution in [0.5, 0.6) is 0 Å². The second kappa shape index (κ2) is 5.85. The summed E-state index contributed by atoms with van der Waals surface area (Å²) in [6, 6.07) is 9.22. The van der Waals surface area contributed by atoms with Crippen LogP contribution < -0.4 is 11.1 Å². The van der Waals surface area contributed by atoms with Gasteiger partial charge in [0, 0.05) is 23.1 Å². The van der Waals surface area contributed by atoms with Crippen LogP contribution in [-0.4, -0.2) is 12.1 Å². The van der Waals surface area contributed by atoms with E-state index in [0.717, 1.165) is 11.4 Å². The Morgan fingerprint density at radius 2 is 2.12 bits per heavy atom. The van der Waals surface area contributed by atoms with E-state index in [9.17, 15) is 0 Å². The lowest BCUT2D eigenvalue weighted by molar-refractivity contribution is 0.319. The van der Waals surface area contributed by atoms with E-state index in [1.54, 1.807) is 0 Å². The molecule has 0 amide bonds. The third-order valence-corrected chi connectivity index (χ3v) is 3.92. The first kappa shape index (κ1) is 12.9. The Balaban J connectivity index is 1.97. The molecule has 0 saturated heterocycles. The van der Waals surface area contributed by atoms with Gasteiger partial charge in [-0.3, -0.25) is 0 Å². The minimum atomic E-state index is 0.291. The van der Waals surface area contributed by atoms with E-state index in [-0.39, 0.29) is 0 Å². The summed E-state index contributed by atoms with van der Waals surface area (Å²) in [7, 11) is 0. The van der Waals surface area contributed by atoms with Crippen LogP contribution in [0, 0.1) is 0 Å². The molecule has 0 spiro atoms. The van der Waals surface area contributed by atoms with Gasteiger partial charge in [-0.15, -0.1) is 0 Å². The van der Waals surface area contributed by atoms with Crippen molar-refractivity contribution in [2.24, 2.45) is 5.73 Å². The third kappa shape index (κ3) is 3.44. The van der Waals surface area contributed by atoms with Gasteiger partial charge in [0.1, 0.15) is 0 Å². The van der Waals surface area contributed by atoms with Gasteiger partial charge in [-0.25, -0.2) is 0 Å². The topological polar surface area (TPSA) is 38.0 Å². The summed E-state index contributed by atoms with van der Waals surface area (Å²) < 4.78 is 0. The number of halogens is 1. The van der Waals surface area contributed by atoms with Gasteiger partial charge >= 0.3 is 0 Å². The number of hydrogen-bond acceptors (Lipinski definition) is 2. The fourth-order valence-corrected chi connectivity index (χ4v) is 2.95. The fourth-order valence-electron chi connectivity index (χ4n) is 2.65. The zero-order valence-electron chi connectivity index (χ0n) is 10.3. The van der Waals surface area contributed by atoms with Crippen molar-refractivity contribution in [1.82, 2.24) is 5.32 Å². The first-order chi connectivity index (χ1) is 8.16. The summed E-state index contributed by atoms with van der Waals surface area (Å²) in [6.45, 7) is 2.17. The molecule has 2 rings (SSSR count). The van der Waals surface area contributed by atoms with Crippen molar-refractivity contribution in [3.63, 3.8) is 0 Å². The lowest BCUT2D eigenvalue weighted by Crippen LogP contribution is -2.40. The summed E-state index contributed by atoms with van der Waals surface area (Å²) in [4.78, 5) is 0. The van der Waals surface area contributed by atoms with Crippen LogP contribution in [0.25, 0.3) is 0 Å². The maximum absolute atomic E-state index is 6.20. The largest absolute Gasteiger partial charge is 0.328 e. The van der Waals surface area contributed by atoms with E-state index in [1.165, 1.54) is 24.8 Å². The van der Waals surface area contributed by atoms with E-state index in [4.69, 9.17) is 17.3 Å². The summed E-state index contributed by atoms with van der Waals surface area (Å²) in [5, 5.41) is 4.48. The molecule has 3 heteroatoms. The Hall–Kier alpha value is -0.570. The maximum Gasteiger partial charge on any atom is 0.0453 e. The van der Waals surface area contributed by atoms with E-state index in [0.29, 0.717) is 18.1 Å². The highest BCUT2D eigenvalue weighted by Gasteiger charge is 2.21. The van der Waals surface area contributed by atoms with Crippen LogP contribution in [0.15, 0.2) is 24.3 Å². The molecule has 1 fully saturated rings. The molecule has 0 heterocycles. The SMILES string of the molecule is C[C@H](NC1CCCC(N)C1)c1ccccc1Cl. The summed E-state index contributed by atoms with van der Waals surface area (Å²) >= 11 is 6.20. The van der Waals surface area contributed by atoms with Crippen molar-refractivity contribution >= 4 is 11.6 Å². The van der Waals surface area contributed by atoms with Gasteiger partial charge in [-0.05, 0) is 37.8 Å². The lowest BCUT2D eigenvalue weighted by Gasteiger charge is -2.30. The molecule has 0 bridgehead atoms. The van der Waals surface area contributed by atoms with Crippen molar-refractivity contribution in [3.8, 4) is 0 Å². The van der Waals surface area contributed by atoms with Crippen LogP contribution >= 0.6 is 11.6 Å². The van der Waals surface area contributed by atoms with Gasteiger partial charge in [0.25, 0.3) is 0 Å². The summed E-state index contributed by atoms with van der Waals surface area (Å²) in [6.07, 6.45) is 4.70. The lowest BCUT2D eigenvalue weighted by atomic mass is 9.91. The van der Waals surface area contributed by atoms with Gasteiger partial charge < -0.3 is 11.1 Å². The van der Waals surface area contributed by atoms with Crippen molar-refractivity contribution in [2.45, 2.75) is 50.7 Å². The molecule has 0 aliphatic heterocycles. The molecule has 0 aromatic heterocycles. The monoisotopic (exact) mass is 252 g/mol. The zero-order valence-corrected chi connectivity index (χ0v) is 11.1. The van der Waals surface area contributed by atoms with E-state index < -0.39 is 0 Å². The number of benzene rings is 1. The summed E-state index contributed by atoms with van der Waals surface area (Å²) in [5.41, 5.74) is 7.18. The highest BCUT2D eigenvalue weighted by molar-refractivity contribution is 6.31. The van der Waals surface area contributed by atoms with Gasteiger partial charge in [-0.1, -0.05) is 36.2 Å². The Bertz CT molecular complexity index is 367. The molecule has 3 N–H and O–H groups in total. The Morgan fingerprint density at radius 1 is 1.35 bits per heavy atom. The van der Waals surface area contributed by atoms with Crippen LogP contribution in [0.3, 0.4) is 0 Å². The number of rotatable bonds is 3. The van der Waals surface area contributed by atoms with Crippen molar-refractivity contribution in [2.75, 3.05) is 0 Å². The molecule has 1 saturated carbocycles. The first-order valence-corrected chi connectivity index (χ1v) is 6.80. The Kier molecular flexibility index (Phi) is 4.43. The van der Waals surface area contributed by atoms with Crippen molar-refractivity contribution in [1.29, 1.82) is 0 Å². The molecular weight excluding hydrogens is 232 g/mol. The summed E-state index contributed by atoms with van der Waals surface area (Å²) in [5.74, 6) is 0. The fraction of sp³-hybridized carbons (Fsp3) is 0.571. The molecule has 3 atom stereocenters. The smallest absolute Gasteiger partial charge is 0.0453 e. The second-order valence-electron chi connectivity index (χ2n) is 5.03. The maximum atomic E-state index is 6.20. The van der Waals surface area contributed by atoms with Crippen LogP contribution in [0.1, 0.15) is 44.2 Å².